The third-order valence-electron chi connectivity index (χ3n) is 3.25. The zero-order chi connectivity index (χ0) is 14.8. The summed E-state index contributed by atoms with van der Waals surface area (Å²) in [6, 6.07) is 8.45. The number of ether oxygens (including phenoxy) is 1. The number of benzene rings is 1. The average Bonchev–Trinajstić information content (AvgIpc) is 2.52. The van der Waals surface area contributed by atoms with E-state index in [9.17, 15) is 9.59 Å². The molecule has 0 fully saturated rings. The number of hydrogen-bond donors (Lipinski definition) is 1. The van der Waals surface area contributed by atoms with Crippen LogP contribution in [0.2, 0.25) is 0 Å². The maximum atomic E-state index is 12.1. The van der Waals surface area contributed by atoms with Gasteiger partial charge in [0.2, 0.25) is 0 Å². The van der Waals surface area contributed by atoms with Gasteiger partial charge in [-0.15, -0.1) is 0 Å². The van der Waals surface area contributed by atoms with E-state index in [-0.39, 0.29) is 18.4 Å². The van der Waals surface area contributed by atoms with Gasteiger partial charge in [-0.05, 0) is 24.3 Å². The van der Waals surface area contributed by atoms with Gasteiger partial charge in [0.1, 0.15) is 5.75 Å². The first kappa shape index (κ1) is 13.1. The number of amides is 2. The summed E-state index contributed by atoms with van der Waals surface area (Å²) in [5.41, 5.74) is 1.82. The number of fused-ring (bicyclic) bond motifs is 1. The van der Waals surface area contributed by atoms with E-state index in [1.165, 1.54) is 4.90 Å². The molecule has 0 atom stereocenters. The smallest absolute Gasteiger partial charge is 0.264 e. The van der Waals surface area contributed by atoms with Crippen molar-refractivity contribution in [3.8, 4) is 5.75 Å². The number of anilines is 2. The molecule has 0 aliphatic carbocycles. The Bertz CT molecular complexity index is 701. The van der Waals surface area contributed by atoms with Crippen LogP contribution < -0.4 is 15.0 Å². The highest BCUT2D eigenvalue weighted by atomic mass is 16.5. The molecule has 1 aliphatic rings. The minimum atomic E-state index is -0.224. The third-order valence-corrected chi connectivity index (χ3v) is 3.25. The lowest BCUT2D eigenvalue weighted by atomic mass is 10.2. The van der Waals surface area contributed by atoms with Crippen LogP contribution in [0, 0.1) is 0 Å². The number of nitrogens with one attached hydrogen (secondary N) is 1. The monoisotopic (exact) mass is 283 g/mol. The van der Waals surface area contributed by atoms with Crippen LogP contribution in [0.1, 0.15) is 10.4 Å². The normalized spacial score (nSPS) is 13.4. The fourth-order valence-corrected chi connectivity index (χ4v) is 2.06. The Morgan fingerprint density at radius 3 is 2.81 bits per heavy atom. The van der Waals surface area contributed by atoms with Crippen molar-refractivity contribution in [3.63, 3.8) is 0 Å². The summed E-state index contributed by atoms with van der Waals surface area (Å²) in [4.78, 5) is 29.0. The van der Waals surface area contributed by atoms with Crippen molar-refractivity contribution in [2.24, 2.45) is 0 Å². The molecular formula is C15H13N3O3. The minimum absolute atomic E-state index is 0.00521. The van der Waals surface area contributed by atoms with E-state index in [1.807, 2.05) is 0 Å². The largest absolute Gasteiger partial charge is 0.481 e. The van der Waals surface area contributed by atoms with E-state index in [4.69, 9.17) is 4.74 Å². The van der Waals surface area contributed by atoms with Crippen LogP contribution in [-0.4, -0.2) is 30.5 Å². The summed E-state index contributed by atoms with van der Waals surface area (Å²) in [6.45, 7) is 0.00521. The molecule has 1 aromatic carbocycles. The summed E-state index contributed by atoms with van der Waals surface area (Å²) >= 11 is 0. The molecule has 3 rings (SSSR count). The number of likely N-dealkylation sites (N-methyl/N-ethyl adjacent to an activating group) is 1. The lowest BCUT2D eigenvalue weighted by Crippen LogP contribution is -2.35. The molecule has 0 unspecified atom stereocenters. The Kier molecular flexibility index (Phi) is 3.27. The van der Waals surface area contributed by atoms with Gasteiger partial charge >= 0.3 is 0 Å². The quantitative estimate of drug-likeness (QED) is 0.910. The van der Waals surface area contributed by atoms with Gasteiger partial charge in [0.25, 0.3) is 11.8 Å². The predicted molar refractivity (Wildman–Crippen MR) is 77.5 cm³/mol. The summed E-state index contributed by atoms with van der Waals surface area (Å²) in [5.74, 6) is 0.248. The maximum absolute atomic E-state index is 12.1. The van der Waals surface area contributed by atoms with Crippen molar-refractivity contribution >= 4 is 23.2 Å². The van der Waals surface area contributed by atoms with E-state index < -0.39 is 0 Å². The molecule has 0 bridgehead atoms. The highest BCUT2D eigenvalue weighted by Crippen LogP contribution is 2.33. The number of rotatable bonds is 2. The Balaban J connectivity index is 1.82. The van der Waals surface area contributed by atoms with Crippen molar-refractivity contribution in [2.45, 2.75) is 0 Å². The van der Waals surface area contributed by atoms with Crippen LogP contribution in [0.5, 0.6) is 5.75 Å². The van der Waals surface area contributed by atoms with Crippen LogP contribution in [0.15, 0.2) is 42.7 Å². The fourth-order valence-electron chi connectivity index (χ4n) is 2.06. The van der Waals surface area contributed by atoms with Crippen LogP contribution in [0.4, 0.5) is 11.4 Å². The molecule has 0 saturated heterocycles. The molecule has 2 amide bonds. The van der Waals surface area contributed by atoms with Gasteiger partial charge in [-0.3, -0.25) is 14.6 Å². The number of carbonyl (C=O) groups is 2. The molecule has 6 heteroatoms. The summed E-state index contributed by atoms with van der Waals surface area (Å²) in [5, 5.41) is 2.78. The summed E-state index contributed by atoms with van der Waals surface area (Å²) in [6.07, 6.45) is 3.12. The molecule has 1 N–H and O–H groups in total. The average molecular weight is 283 g/mol. The minimum Gasteiger partial charge on any atom is -0.481 e. The lowest BCUT2D eigenvalue weighted by molar-refractivity contribution is -0.120. The predicted octanol–water partition coefficient (Wildman–Crippen LogP) is 1.69. The van der Waals surface area contributed by atoms with Crippen LogP contribution in [-0.2, 0) is 4.79 Å². The maximum Gasteiger partial charge on any atom is 0.264 e. The van der Waals surface area contributed by atoms with Crippen molar-refractivity contribution in [2.75, 3.05) is 23.9 Å². The van der Waals surface area contributed by atoms with E-state index in [1.54, 1.807) is 49.8 Å². The molecule has 21 heavy (non-hydrogen) atoms. The molecule has 1 aliphatic heterocycles. The van der Waals surface area contributed by atoms with E-state index in [2.05, 4.69) is 10.3 Å². The Morgan fingerprint density at radius 1 is 1.29 bits per heavy atom. The first-order valence-electron chi connectivity index (χ1n) is 6.40. The lowest BCUT2D eigenvalue weighted by Gasteiger charge is -2.26. The van der Waals surface area contributed by atoms with E-state index in [0.29, 0.717) is 22.7 Å². The van der Waals surface area contributed by atoms with Gasteiger partial charge < -0.3 is 15.0 Å². The Morgan fingerprint density at radius 2 is 2.05 bits per heavy atom. The number of carbonyl (C=O) groups excluding carboxylic acids is 2. The molecule has 2 aromatic rings. The first-order valence-corrected chi connectivity index (χ1v) is 6.40. The molecule has 0 saturated carbocycles. The molecular weight excluding hydrogens is 270 g/mol. The molecule has 6 nitrogen and oxygen atoms in total. The second-order valence-corrected chi connectivity index (χ2v) is 4.61. The fraction of sp³-hybridized carbons (Fsp3) is 0.133. The summed E-state index contributed by atoms with van der Waals surface area (Å²) < 4.78 is 5.38. The molecule has 0 spiro atoms. The van der Waals surface area contributed by atoms with E-state index >= 15 is 0 Å². The molecule has 1 aromatic heterocycles. The van der Waals surface area contributed by atoms with Gasteiger partial charge in [-0.2, -0.15) is 0 Å². The second-order valence-electron chi connectivity index (χ2n) is 4.61. The number of nitrogens with zero attached hydrogens (tertiary/aromatic N) is 2. The molecule has 106 valence electrons. The number of hydrogen-bond acceptors (Lipinski definition) is 4. The SMILES string of the molecule is CN1C(=O)COc2cc(NC(=O)c3ccncc3)ccc21. The van der Waals surface area contributed by atoms with Crippen molar-refractivity contribution < 1.29 is 14.3 Å². The van der Waals surface area contributed by atoms with E-state index in [0.717, 1.165) is 0 Å². The highest BCUT2D eigenvalue weighted by molar-refractivity contribution is 6.05. The topological polar surface area (TPSA) is 71.5 Å². The molecule has 0 radical (unpaired) electrons. The Labute approximate surface area is 121 Å². The Hall–Kier alpha value is -2.89. The van der Waals surface area contributed by atoms with Crippen LogP contribution >= 0.6 is 0 Å². The first-order chi connectivity index (χ1) is 10.1. The van der Waals surface area contributed by atoms with Crippen LogP contribution in [0.25, 0.3) is 0 Å². The van der Waals surface area contributed by atoms with Crippen molar-refractivity contribution in [3.05, 3.63) is 48.3 Å². The van der Waals surface area contributed by atoms with Gasteiger partial charge in [-0.25, -0.2) is 0 Å². The summed E-state index contributed by atoms with van der Waals surface area (Å²) in [7, 11) is 1.69. The van der Waals surface area contributed by atoms with Gasteiger partial charge in [0, 0.05) is 36.8 Å². The van der Waals surface area contributed by atoms with Crippen molar-refractivity contribution in [1.29, 1.82) is 0 Å². The second kappa shape index (κ2) is 5.24. The van der Waals surface area contributed by atoms with Gasteiger partial charge in [0.15, 0.2) is 6.61 Å². The zero-order valence-corrected chi connectivity index (χ0v) is 11.4. The molecule has 2 heterocycles. The van der Waals surface area contributed by atoms with Crippen LogP contribution in [0.3, 0.4) is 0 Å². The number of pyridine rings is 1. The van der Waals surface area contributed by atoms with Crippen molar-refractivity contribution in [1.82, 2.24) is 4.98 Å². The van der Waals surface area contributed by atoms with Gasteiger partial charge in [-0.1, -0.05) is 0 Å². The standard InChI is InChI=1S/C15H13N3O3/c1-18-12-3-2-11(8-13(12)21-9-14(18)19)17-15(20)10-4-6-16-7-5-10/h2-8H,9H2,1H3,(H,17,20). The third kappa shape index (κ3) is 2.55. The highest BCUT2D eigenvalue weighted by Gasteiger charge is 2.22. The number of aromatic nitrogens is 1. The van der Waals surface area contributed by atoms with Gasteiger partial charge in [0.05, 0.1) is 5.69 Å². The zero-order valence-electron chi connectivity index (χ0n) is 11.4.